The lowest BCUT2D eigenvalue weighted by atomic mass is 9.85. The lowest BCUT2D eigenvalue weighted by molar-refractivity contribution is -0.126. The number of rotatable bonds is 6. The van der Waals surface area contributed by atoms with Gasteiger partial charge in [-0.2, -0.15) is 5.10 Å². The van der Waals surface area contributed by atoms with Crippen LogP contribution in [0.25, 0.3) is 5.57 Å². The zero-order chi connectivity index (χ0) is 21.7. The third-order valence-corrected chi connectivity index (χ3v) is 5.70. The van der Waals surface area contributed by atoms with E-state index in [2.05, 4.69) is 32.8 Å². The predicted molar refractivity (Wildman–Crippen MR) is 119 cm³/mol. The molecule has 0 bridgehead atoms. The van der Waals surface area contributed by atoms with Crippen molar-refractivity contribution in [3.63, 3.8) is 0 Å². The maximum absolute atomic E-state index is 12.8. The Hall–Kier alpha value is -2.61. The molecule has 1 fully saturated rings. The number of carbonyl (C=O) groups excluding carboxylic acids is 2. The molecule has 0 aromatic carbocycles. The number of amides is 2. The number of allylic oxidation sites excluding steroid dienone is 3. The van der Waals surface area contributed by atoms with E-state index in [4.69, 9.17) is 11.6 Å². The van der Waals surface area contributed by atoms with Gasteiger partial charge < -0.3 is 16.0 Å². The van der Waals surface area contributed by atoms with Crippen LogP contribution in [0.4, 0.5) is 5.82 Å². The normalized spacial score (nSPS) is 22.3. The van der Waals surface area contributed by atoms with Crippen molar-refractivity contribution in [2.75, 3.05) is 11.9 Å². The molecule has 30 heavy (non-hydrogen) atoms. The largest absolute Gasteiger partial charge is 0.370 e. The molecule has 1 aromatic heterocycles. The van der Waals surface area contributed by atoms with Crippen LogP contribution in [0.15, 0.2) is 28.1 Å². The first-order chi connectivity index (χ1) is 14.4. The summed E-state index contributed by atoms with van der Waals surface area (Å²) in [5.41, 5.74) is 1.59. The van der Waals surface area contributed by atoms with Gasteiger partial charge >= 0.3 is 0 Å². The second kappa shape index (κ2) is 9.93. The fourth-order valence-electron chi connectivity index (χ4n) is 4.07. The number of nitrogens with zero attached hydrogens (tertiary/aromatic N) is 3. The Morgan fingerprint density at radius 3 is 2.87 bits per heavy atom. The van der Waals surface area contributed by atoms with Crippen molar-refractivity contribution in [3.05, 3.63) is 28.7 Å². The minimum atomic E-state index is -0.184. The van der Waals surface area contributed by atoms with E-state index in [-0.39, 0.29) is 23.8 Å². The van der Waals surface area contributed by atoms with E-state index in [0.29, 0.717) is 17.3 Å². The molecule has 1 aliphatic heterocycles. The van der Waals surface area contributed by atoms with Crippen LogP contribution in [0.2, 0.25) is 0 Å². The number of nitrogens with one attached hydrogen (secondary N) is 3. The van der Waals surface area contributed by atoms with E-state index < -0.39 is 0 Å². The fourth-order valence-corrected chi connectivity index (χ4v) is 4.23. The molecule has 0 unspecified atom stereocenters. The highest BCUT2D eigenvalue weighted by Gasteiger charge is 2.28. The van der Waals surface area contributed by atoms with Gasteiger partial charge in [-0.15, -0.1) is 0 Å². The van der Waals surface area contributed by atoms with Gasteiger partial charge in [0.05, 0.1) is 6.20 Å². The molecule has 0 radical (unpaired) electrons. The van der Waals surface area contributed by atoms with Gasteiger partial charge in [0.2, 0.25) is 11.8 Å². The smallest absolute Gasteiger partial charge is 0.228 e. The molecule has 2 amide bonds. The number of hydrogen-bond acceptors (Lipinski definition) is 5. The third kappa shape index (κ3) is 5.30. The molecular weight excluding hydrogens is 404 g/mol. The van der Waals surface area contributed by atoms with Crippen molar-refractivity contribution in [2.45, 2.75) is 58.5 Å². The molecule has 162 valence electrons. The molecule has 9 heteroatoms. The zero-order valence-corrected chi connectivity index (χ0v) is 18.3. The van der Waals surface area contributed by atoms with Crippen molar-refractivity contribution in [1.29, 1.82) is 0 Å². The molecule has 1 aromatic rings. The fraction of sp³-hybridized carbons (Fsp3) is 0.524. The van der Waals surface area contributed by atoms with Crippen molar-refractivity contribution < 1.29 is 9.59 Å². The van der Waals surface area contributed by atoms with E-state index in [1.165, 1.54) is 6.92 Å². The first-order valence-corrected chi connectivity index (χ1v) is 10.7. The lowest BCUT2D eigenvalue weighted by Crippen LogP contribution is -2.41. The molecule has 0 saturated heterocycles. The van der Waals surface area contributed by atoms with E-state index in [1.54, 1.807) is 19.2 Å². The Bertz CT molecular complexity index is 884. The average Bonchev–Trinajstić information content (AvgIpc) is 3.14. The van der Waals surface area contributed by atoms with Crippen LogP contribution in [-0.4, -0.2) is 40.9 Å². The first kappa shape index (κ1) is 22.1. The monoisotopic (exact) mass is 432 g/mol. The second-order valence-electron chi connectivity index (χ2n) is 7.80. The summed E-state index contributed by atoms with van der Waals surface area (Å²) in [6.07, 6.45) is 7.70. The van der Waals surface area contributed by atoms with Crippen LogP contribution < -0.4 is 16.0 Å². The maximum Gasteiger partial charge on any atom is 0.228 e. The highest BCUT2D eigenvalue weighted by Crippen LogP contribution is 2.31. The number of halogens is 1. The Balaban J connectivity index is 1.76. The minimum absolute atomic E-state index is 0.0293. The molecule has 1 aliphatic carbocycles. The van der Waals surface area contributed by atoms with Gasteiger partial charge in [0.1, 0.15) is 11.6 Å². The molecule has 0 spiro atoms. The number of anilines is 1. The maximum atomic E-state index is 12.8. The van der Waals surface area contributed by atoms with Crippen LogP contribution in [0.5, 0.6) is 0 Å². The Morgan fingerprint density at radius 1 is 1.37 bits per heavy atom. The van der Waals surface area contributed by atoms with Gasteiger partial charge in [0.25, 0.3) is 0 Å². The highest BCUT2D eigenvalue weighted by molar-refractivity contribution is 6.33. The Morgan fingerprint density at radius 2 is 2.17 bits per heavy atom. The molecular formula is C21H29ClN6O2. The average molecular weight is 433 g/mol. The summed E-state index contributed by atoms with van der Waals surface area (Å²) in [4.78, 5) is 28.2. The summed E-state index contributed by atoms with van der Waals surface area (Å²) >= 11 is 6.39. The number of aryl methyl sites for hydroxylation is 1. The van der Waals surface area contributed by atoms with Gasteiger partial charge in [-0.1, -0.05) is 18.0 Å². The highest BCUT2D eigenvalue weighted by atomic mass is 35.5. The van der Waals surface area contributed by atoms with Crippen LogP contribution in [0.3, 0.4) is 0 Å². The zero-order valence-electron chi connectivity index (χ0n) is 17.5. The Labute approximate surface area is 181 Å². The standard InChI is InChI=1S/C21H29ClN6O2/c1-13(22)17(18-12-25-28-9-5-8-24-20(18)28)11-19(23-3)27-21(30)15-6-4-7-16(10-15)26-14(2)29/h11-12,15-16,24H,3-10H2,1-2H3,(H,26,29)(H,27,30)/b17-13-,19-11+/t15-,16+/m0/s1. The summed E-state index contributed by atoms with van der Waals surface area (Å²) in [7, 11) is 0. The van der Waals surface area contributed by atoms with Crippen LogP contribution >= 0.6 is 11.6 Å². The summed E-state index contributed by atoms with van der Waals surface area (Å²) in [6, 6.07) is 0.0293. The van der Waals surface area contributed by atoms with Crippen LogP contribution in [-0.2, 0) is 16.1 Å². The quantitative estimate of drug-likeness (QED) is 0.475. The van der Waals surface area contributed by atoms with Gasteiger partial charge in [0.15, 0.2) is 0 Å². The number of fused-ring (bicyclic) bond motifs is 1. The molecule has 8 nitrogen and oxygen atoms in total. The molecule has 2 aliphatic rings. The second-order valence-corrected chi connectivity index (χ2v) is 8.36. The van der Waals surface area contributed by atoms with Crippen molar-refractivity contribution >= 4 is 41.5 Å². The summed E-state index contributed by atoms with van der Waals surface area (Å²) in [6.45, 7) is 8.62. The molecule has 3 N–H and O–H groups in total. The summed E-state index contributed by atoms with van der Waals surface area (Å²) < 4.78 is 1.91. The van der Waals surface area contributed by atoms with Crippen LogP contribution in [0, 0.1) is 5.92 Å². The lowest BCUT2D eigenvalue weighted by Gasteiger charge is -2.28. The van der Waals surface area contributed by atoms with E-state index in [9.17, 15) is 9.59 Å². The van der Waals surface area contributed by atoms with Crippen LogP contribution in [0.1, 0.15) is 51.5 Å². The Kier molecular flexibility index (Phi) is 7.31. The SMILES string of the molecule is C=N/C(=C\C(=C(/C)Cl)c1cnn2c1NCCC2)NC(=O)[C@H]1CCC[C@@H](NC(C)=O)C1. The number of hydrogen-bond donors (Lipinski definition) is 3. The molecule has 2 atom stereocenters. The molecule has 1 saturated carbocycles. The van der Waals surface area contributed by atoms with Crippen molar-refractivity contribution in [3.8, 4) is 0 Å². The van der Waals surface area contributed by atoms with Gasteiger partial charge in [-0.25, -0.2) is 9.67 Å². The van der Waals surface area contributed by atoms with Gasteiger partial charge in [-0.05, 0) is 45.4 Å². The molecule has 2 heterocycles. The summed E-state index contributed by atoms with van der Waals surface area (Å²) in [5.74, 6) is 0.876. The predicted octanol–water partition coefficient (Wildman–Crippen LogP) is 3.02. The number of aromatic nitrogens is 2. The number of carbonyl (C=O) groups is 2. The van der Waals surface area contributed by atoms with Crippen molar-refractivity contribution in [1.82, 2.24) is 20.4 Å². The van der Waals surface area contributed by atoms with Gasteiger partial charge in [0, 0.05) is 48.1 Å². The number of aliphatic imine (C=N–C) groups is 1. The third-order valence-electron chi connectivity index (χ3n) is 5.49. The van der Waals surface area contributed by atoms with E-state index in [0.717, 1.165) is 55.7 Å². The first-order valence-electron chi connectivity index (χ1n) is 10.3. The minimum Gasteiger partial charge on any atom is -0.370 e. The van der Waals surface area contributed by atoms with Gasteiger partial charge in [-0.3, -0.25) is 9.59 Å². The topological polar surface area (TPSA) is 100 Å². The van der Waals surface area contributed by atoms with Crippen molar-refractivity contribution in [2.24, 2.45) is 10.9 Å². The van der Waals surface area contributed by atoms with E-state index >= 15 is 0 Å². The molecule has 3 rings (SSSR count). The summed E-state index contributed by atoms with van der Waals surface area (Å²) in [5, 5.41) is 14.1. The van der Waals surface area contributed by atoms with E-state index in [1.807, 2.05) is 4.68 Å².